The molecular weight excluding hydrogens is 206 g/mol. The van der Waals surface area contributed by atoms with Crippen LogP contribution in [0, 0.1) is 13.8 Å². The molecule has 1 aromatic carbocycles. The standard InChI is InChI=1S/C16H27N/c1-6-7-8-16(17-12(2)3)15-10-9-13(4)14(5)11-15/h9-12,16-17H,6-8H2,1-5H3. The van der Waals surface area contributed by atoms with Gasteiger partial charge in [0.25, 0.3) is 0 Å². The van der Waals surface area contributed by atoms with E-state index in [9.17, 15) is 0 Å². The van der Waals surface area contributed by atoms with Gasteiger partial charge in [0.1, 0.15) is 0 Å². The van der Waals surface area contributed by atoms with E-state index in [1.165, 1.54) is 36.0 Å². The summed E-state index contributed by atoms with van der Waals surface area (Å²) >= 11 is 0. The summed E-state index contributed by atoms with van der Waals surface area (Å²) in [6, 6.07) is 7.90. The van der Waals surface area contributed by atoms with Gasteiger partial charge in [-0.15, -0.1) is 0 Å². The predicted octanol–water partition coefficient (Wildman–Crippen LogP) is 4.53. The molecule has 96 valence electrons. The van der Waals surface area contributed by atoms with Crippen molar-refractivity contribution in [3.63, 3.8) is 0 Å². The molecule has 0 saturated heterocycles. The van der Waals surface area contributed by atoms with Crippen molar-refractivity contribution in [3.8, 4) is 0 Å². The first-order valence-electron chi connectivity index (χ1n) is 6.87. The van der Waals surface area contributed by atoms with Crippen molar-refractivity contribution in [2.24, 2.45) is 0 Å². The fourth-order valence-electron chi connectivity index (χ4n) is 2.14. The van der Waals surface area contributed by atoms with E-state index in [1.807, 2.05) is 0 Å². The maximum absolute atomic E-state index is 3.68. The summed E-state index contributed by atoms with van der Waals surface area (Å²) < 4.78 is 0. The van der Waals surface area contributed by atoms with Crippen LogP contribution in [0.4, 0.5) is 0 Å². The van der Waals surface area contributed by atoms with Crippen molar-refractivity contribution in [1.82, 2.24) is 5.32 Å². The Labute approximate surface area is 107 Å². The van der Waals surface area contributed by atoms with E-state index in [0.29, 0.717) is 12.1 Å². The van der Waals surface area contributed by atoms with Gasteiger partial charge in [0.2, 0.25) is 0 Å². The number of aryl methyl sites for hydroxylation is 2. The molecule has 0 spiro atoms. The lowest BCUT2D eigenvalue weighted by Gasteiger charge is -2.22. The van der Waals surface area contributed by atoms with Crippen LogP contribution in [0.2, 0.25) is 0 Å². The van der Waals surface area contributed by atoms with Crippen LogP contribution in [0.25, 0.3) is 0 Å². The van der Waals surface area contributed by atoms with Gasteiger partial charge in [-0.2, -0.15) is 0 Å². The van der Waals surface area contributed by atoms with E-state index in [2.05, 4.69) is 58.1 Å². The lowest BCUT2D eigenvalue weighted by atomic mass is 9.97. The average molecular weight is 233 g/mol. The molecule has 0 aliphatic heterocycles. The molecule has 0 radical (unpaired) electrons. The van der Waals surface area contributed by atoms with E-state index in [0.717, 1.165) is 0 Å². The highest BCUT2D eigenvalue weighted by molar-refractivity contribution is 5.31. The topological polar surface area (TPSA) is 12.0 Å². The number of hydrogen-bond donors (Lipinski definition) is 1. The Bertz CT molecular complexity index is 341. The Morgan fingerprint density at radius 2 is 1.82 bits per heavy atom. The highest BCUT2D eigenvalue weighted by Gasteiger charge is 2.12. The van der Waals surface area contributed by atoms with Crippen molar-refractivity contribution in [3.05, 3.63) is 34.9 Å². The maximum atomic E-state index is 3.68. The Hall–Kier alpha value is -0.820. The van der Waals surface area contributed by atoms with Crippen molar-refractivity contribution < 1.29 is 0 Å². The molecule has 0 fully saturated rings. The summed E-state index contributed by atoms with van der Waals surface area (Å²) in [6.07, 6.45) is 3.79. The molecular formula is C16H27N. The first-order valence-corrected chi connectivity index (χ1v) is 6.87. The molecule has 0 heterocycles. The van der Waals surface area contributed by atoms with Crippen molar-refractivity contribution in [2.45, 2.75) is 66.0 Å². The highest BCUT2D eigenvalue weighted by atomic mass is 14.9. The van der Waals surface area contributed by atoms with Crippen LogP contribution in [0.1, 0.15) is 62.8 Å². The van der Waals surface area contributed by atoms with Crippen LogP contribution >= 0.6 is 0 Å². The molecule has 0 amide bonds. The van der Waals surface area contributed by atoms with Crippen LogP contribution in [-0.4, -0.2) is 6.04 Å². The van der Waals surface area contributed by atoms with Gasteiger partial charge < -0.3 is 5.32 Å². The summed E-state index contributed by atoms with van der Waals surface area (Å²) in [7, 11) is 0. The summed E-state index contributed by atoms with van der Waals surface area (Å²) in [6.45, 7) is 11.1. The number of rotatable bonds is 6. The normalized spacial score (nSPS) is 13.1. The molecule has 0 aromatic heterocycles. The fourth-order valence-corrected chi connectivity index (χ4v) is 2.14. The van der Waals surface area contributed by atoms with Gasteiger partial charge in [-0.3, -0.25) is 0 Å². The second-order valence-corrected chi connectivity index (χ2v) is 5.36. The molecule has 0 bridgehead atoms. The molecule has 17 heavy (non-hydrogen) atoms. The quantitative estimate of drug-likeness (QED) is 0.761. The lowest BCUT2D eigenvalue weighted by molar-refractivity contribution is 0.440. The molecule has 1 nitrogen and oxygen atoms in total. The summed E-state index contributed by atoms with van der Waals surface area (Å²) in [4.78, 5) is 0. The third kappa shape index (κ3) is 4.51. The maximum Gasteiger partial charge on any atom is 0.0322 e. The molecule has 0 saturated carbocycles. The van der Waals surface area contributed by atoms with Crippen molar-refractivity contribution >= 4 is 0 Å². The number of hydrogen-bond acceptors (Lipinski definition) is 1. The Morgan fingerprint density at radius 3 is 2.35 bits per heavy atom. The zero-order chi connectivity index (χ0) is 12.8. The molecule has 1 N–H and O–H groups in total. The van der Waals surface area contributed by atoms with E-state index >= 15 is 0 Å². The van der Waals surface area contributed by atoms with Crippen LogP contribution in [-0.2, 0) is 0 Å². The molecule has 1 heteroatoms. The van der Waals surface area contributed by atoms with Gasteiger partial charge in [0, 0.05) is 12.1 Å². The minimum absolute atomic E-state index is 0.509. The minimum Gasteiger partial charge on any atom is -0.308 e. The largest absolute Gasteiger partial charge is 0.308 e. The Kier molecular flexibility index (Phi) is 5.70. The number of nitrogens with one attached hydrogen (secondary N) is 1. The Morgan fingerprint density at radius 1 is 1.12 bits per heavy atom. The lowest BCUT2D eigenvalue weighted by Crippen LogP contribution is -2.28. The first-order chi connectivity index (χ1) is 8.04. The van der Waals surface area contributed by atoms with Gasteiger partial charge in [-0.1, -0.05) is 51.8 Å². The van der Waals surface area contributed by atoms with Crippen molar-refractivity contribution in [1.29, 1.82) is 0 Å². The Balaban J connectivity index is 2.83. The first kappa shape index (κ1) is 14.2. The average Bonchev–Trinajstić information content (AvgIpc) is 2.27. The molecule has 0 aliphatic carbocycles. The van der Waals surface area contributed by atoms with Crippen LogP contribution in [0.3, 0.4) is 0 Å². The van der Waals surface area contributed by atoms with Gasteiger partial charge in [-0.25, -0.2) is 0 Å². The SMILES string of the molecule is CCCCC(NC(C)C)c1ccc(C)c(C)c1. The highest BCUT2D eigenvalue weighted by Crippen LogP contribution is 2.22. The van der Waals surface area contributed by atoms with E-state index in [4.69, 9.17) is 0 Å². The third-order valence-electron chi connectivity index (χ3n) is 3.31. The molecule has 1 atom stereocenters. The van der Waals surface area contributed by atoms with Crippen LogP contribution in [0.5, 0.6) is 0 Å². The summed E-state index contributed by atoms with van der Waals surface area (Å²) in [5, 5.41) is 3.68. The molecule has 0 aliphatic rings. The monoisotopic (exact) mass is 233 g/mol. The molecule has 1 unspecified atom stereocenters. The number of benzene rings is 1. The van der Waals surface area contributed by atoms with Crippen molar-refractivity contribution in [2.75, 3.05) is 0 Å². The summed E-state index contributed by atoms with van der Waals surface area (Å²) in [5.74, 6) is 0. The second-order valence-electron chi connectivity index (χ2n) is 5.36. The van der Waals surface area contributed by atoms with Gasteiger partial charge in [-0.05, 0) is 37.0 Å². The number of unbranched alkanes of at least 4 members (excludes halogenated alkanes) is 1. The second kappa shape index (κ2) is 6.80. The zero-order valence-electron chi connectivity index (χ0n) is 12.0. The molecule has 1 aromatic rings. The minimum atomic E-state index is 0.509. The van der Waals surface area contributed by atoms with Gasteiger partial charge in [0.15, 0.2) is 0 Å². The van der Waals surface area contributed by atoms with E-state index < -0.39 is 0 Å². The fraction of sp³-hybridized carbons (Fsp3) is 0.625. The third-order valence-corrected chi connectivity index (χ3v) is 3.31. The smallest absolute Gasteiger partial charge is 0.0322 e. The summed E-state index contributed by atoms with van der Waals surface area (Å²) in [5.41, 5.74) is 4.22. The van der Waals surface area contributed by atoms with Gasteiger partial charge >= 0.3 is 0 Å². The van der Waals surface area contributed by atoms with E-state index in [1.54, 1.807) is 0 Å². The zero-order valence-corrected chi connectivity index (χ0v) is 12.0. The predicted molar refractivity (Wildman–Crippen MR) is 76.5 cm³/mol. The molecule has 1 rings (SSSR count). The van der Waals surface area contributed by atoms with E-state index in [-0.39, 0.29) is 0 Å². The van der Waals surface area contributed by atoms with Gasteiger partial charge in [0.05, 0.1) is 0 Å². The van der Waals surface area contributed by atoms with Crippen LogP contribution in [0.15, 0.2) is 18.2 Å². The van der Waals surface area contributed by atoms with Crippen LogP contribution < -0.4 is 5.32 Å².